The first-order valence-electron chi connectivity index (χ1n) is 5.40. The molecule has 0 N–H and O–H groups in total. The van der Waals surface area contributed by atoms with Crippen molar-refractivity contribution < 1.29 is 4.79 Å². The van der Waals surface area contributed by atoms with Crippen LogP contribution in [-0.4, -0.2) is 44.4 Å². The predicted octanol–water partition coefficient (Wildman–Crippen LogP) is 1.43. The van der Waals surface area contributed by atoms with Crippen molar-refractivity contribution >= 4 is 23.0 Å². The molecule has 0 saturated carbocycles. The van der Waals surface area contributed by atoms with E-state index in [-0.39, 0.29) is 5.91 Å². The zero-order valence-corrected chi connectivity index (χ0v) is 10.3. The number of carbonyl (C=O) groups is 1. The van der Waals surface area contributed by atoms with Crippen LogP contribution in [0, 0.1) is 0 Å². The average Bonchev–Trinajstić information content (AvgIpc) is 2.79. The van der Waals surface area contributed by atoms with E-state index < -0.39 is 0 Å². The topological polar surface area (TPSA) is 50.5 Å². The molecular formula is C11H13ClN4O. The molecule has 0 bridgehead atoms. The highest BCUT2D eigenvalue weighted by atomic mass is 35.5. The maximum Gasteiger partial charge on any atom is 0.257 e. The lowest BCUT2D eigenvalue weighted by atomic mass is 10.2. The van der Waals surface area contributed by atoms with Gasteiger partial charge in [0.05, 0.1) is 23.5 Å². The van der Waals surface area contributed by atoms with Gasteiger partial charge in [0, 0.05) is 31.4 Å². The smallest absolute Gasteiger partial charge is 0.257 e. The normalized spacial score (nSPS) is 10.7. The van der Waals surface area contributed by atoms with Gasteiger partial charge in [0.25, 0.3) is 5.91 Å². The van der Waals surface area contributed by atoms with Crippen LogP contribution in [0.4, 0.5) is 0 Å². The Kier molecular flexibility index (Phi) is 3.58. The van der Waals surface area contributed by atoms with Gasteiger partial charge < -0.3 is 4.90 Å². The maximum absolute atomic E-state index is 12.2. The fraction of sp³-hybridized carbons (Fsp3) is 0.364. The molecule has 2 aromatic heterocycles. The van der Waals surface area contributed by atoms with Gasteiger partial charge in [-0.2, -0.15) is 5.10 Å². The highest BCUT2D eigenvalue weighted by Gasteiger charge is 2.17. The van der Waals surface area contributed by atoms with E-state index in [2.05, 4.69) is 10.1 Å². The van der Waals surface area contributed by atoms with Crippen LogP contribution < -0.4 is 0 Å². The summed E-state index contributed by atoms with van der Waals surface area (Å²) in [6.07, 6.45) is 6.54. The molecule has 2 rings (SSSR count). The van der Waals surface area contributed by atoms with Crippen molar-refractivity contribution in [1.82, 2.24) is 19.5 Å². The number of aromatic nitrogens is 3. The van der Waals surface area contributed by atoms with E-state index in [1.54, 1.807) is 34.2 Å². The predicted molar refractivity (Wildman–Crippen MR) is 65.3 cm³/mol. The lowest BCUT2D eigenvalue weighted by Crippen LogP contribution is -2.32. The van der Waals surface area contributed by atoms with E-state index in [0.717, 1.165) is 0 Å². The molecule has 0 unspecified atom stereocenters. The largest absolute Gasteiger partial charge is 0.338 e. The zero-order valence-electron chi connectivity index (χ0n) is 9.51. The van der Waals surface area contributed by atoms with E-state index in [0.29, 0.717) is 30.0 Å². The molecule has 0 aromatic carbocycles. The monoisotopic (exact) mass is 252 g/mol. The van der Waals surface area contributed by atoms with E-state index >= 15 is 0 Å². The van der Waals surface area contributed by atoms with E-state index in [9.17, 15) is 4.79 Å². The van der Waals surface area contributed by atoms with Crippen LogP contribution >= 0.6 is 11.6 Å². The van der Waals surface area contributed by atoms with Gasteiger partial charge in [0.1, 0.15) is 0 Å². The van der Waals surface area contributed by atoms with Gasteiger partial charge in [-0.15, -0.1) is 11.6 Å². The van der Waals surface area contributed by atoms with Gasteiger partial charge >= 0.3 is 0 Å². The highest BCUT2D eigenvalue weighted by Crippen LogP contribution is 2.11. The van der Waals surface area contributed by atoms with Gasteiger partial charge in [-0.3, -0.25) is 9.78 Å². The summed E-state index contributed by atoms with van der Waals surface area (Å²) in [6.45, 7) is 3.09. The Balaban J connectivity index is 2.36. The van der Waals surface area contributed by atoms with Crippen LogP contribution in [0.1, 0.15) is 17.3 Å². The fourth-order valence-corrected chi connectivity index (χ4v) is 1.88. The summed E-state index contributed by atoms with van der Waals surface area (Å²) in [7, 11) is 0. The molecule has 6 heteroatoms. The summed E-state index contributed by atoms with van der Waals surface area (Å²) >= 11 is 5.67. The minimum atomic E-state index is -0.0591. The quantitative estimate of drug-likeness (QED) is 0.774. The number of fused-ring (bicyclic) bond motifs is 1. The minimum Gasteiger partial charge on any atom is -0.338 e. The molecule has 1 amide bonds. The summed E-state index contributed by atoms with van der Waals surface area (Å²) in [5.74, 6) is 0.369. The molecule has 0 aliphatic carbocycles. The zero-order chi connectivity index (χ0) is 12.3. The van der Waals surface area contributed by atoms with E-state index in [1.807, 2.05) is 6.92 Å². The van der Waals surface area contributed by atoms with Gasteiger partial charge in [0.2, 0.25) is 0 Å². The summed E-state index contributed by atoms with van der Waals surface area (Å²) < 4.78 is 1.63. The number of alkyl halides is 1. The number of hydrogen-bond donors (Lipinski definition) is 0. The third kappa shape index (κ3) is 2.24. The lowest BCUT2D eigenvalue weighted by molar-refractivity contribution is 0.0776. The van der Waals surface area contributed by atoms with Crippen molar-refractivity contribution in [2.45, 2.75) is 6.92 Å². The Labute approximate surface area is 104 Å². The SMILES string of the molecule is CCN(CCCl)C(=O)c1cnn2ccncc12. The summed E-state index contributed by atoms with van der Waals surface area (Å²) in [5, 5.41) is 4.11. The first-order valence-corrected chi connectivity index (χ1v) is 5.94. The molecule has 5 nitrogen and oxygen atoms in total. The van der Waals surface area contributed by atoms with Gasteiger partial charge in [0.15, 0.2) is 0 Å². The van der Waals surface area contributed by atoms with Crippen LogP contribution in [0.2, 0.25) is 0 Å². The van der Waals surface area contributed by atoms with Crippen LogP contribution in [0.3, 0.4) is 0 Å². The lowest BCUT2D eigenvalue weighted by Gasteiger charge is -2.18. The molecule has 90 valence electrons. The number of hydrogen-bond acceptors (Lipinski definition) is 3. The van der Waals surface area contributed by atoms with E-state index in [1.165, 1.54) is 0 Å². The molecular weight excluding hydrogens is 240 g/mol. The first kappa shape index (κ1) is 11.9. The standard InChI is InChI=1S/C11H13ClN4O/c1-2-15(5-3-12)11(17)9-7-14-16-6-4-13-8-10(9)16/h4,6-8H,2-3,5H2,1H3. The summed E-state index contributed by atoms with van der Waals surface area (Å²) in [6, 6.07) is 0. The fourth-order valence-electron chi connectivity index (χ4n) is 1.67. The van der Waals surface area contributed by atoms with Crippen molar-refractivity contribution in [3.63, 3.8) is 0 Å². The van der Waals surface area contributed by atoms with Crippen molar-refractivity contribution in [1.29, 1.82) is 0 Å². The van der Waals surface area contributed by atoms with Crippen molar-refractivity contribution in [2.75, 3.05) is 19.0 Å². The summed E-state index contributed by atoms with van der Waals surface area (Å²) in [4.78, 5) is 17.9. The Morgan fingerprint density at radius 3 is 3.06 bits per heavy atom. The van der Waals surface area contributed by atoms with Crippen LogP contribution in [0.5, 0.6) is 0 Å². The van der Waals surface area contributed by atoms with Crippen molar-refractivity contribution in [3.8, 4) is 0 Å². The van der Waals surface area contributed by atoms with Gasteiger partial charge in [-0.25, -0.2) is 4.52 Å². The molecule has 0 atom stereocenters. The second kappa shape index (κ2) is 5.14. The molecule has 0 spiro atoms. The van der Waals surface area contributed by atoms with E-state index in [4.69, 9.17) is 11.6 Å². The molecule has 2 heterocycles. The molecule has 0 radical (unpaired) electrons. The molecule has 0 saturated heterocycles. The first-order chi connectivity index (χ1) is 8.27. The maximum atomic E-state index is 12.2. The highest BCUT2D eigenvalue weighted by molar-refractivity contribution is 6.18. The number of halogens is 1. The van der Waals surface area contributed by atoms with Crippen LogP contribution in [-0.2, 0) is 0 Å². The Morgan fingerprint density at radius 2 is 2.35 bits per heavy atom. The van der Waals surface area contributed by atoms with Crippen molar-refractivity contribution in [2.24, 2.45) is 0 Å². The number of nitrogens with zero attached hydrogens (tertiary/aromatic N) is 4. The van der Waals surface area contributed by atoms with Crippen molar-refractivity contribution in [3.05, 3.63) is 30.4 Å². The molecule has 0 aliphatic heterocycles. The molecule has 0 aliphatic rings. The number of amides is 1. The second-order valence-electron chi connectivity index (χ2n) is 3.54. The molecule has 2 aromatic rings. The Hall–Kier alpha value is -1.62. The van der Waals surface area contributed by atoms with Crippen LogP contribution in [0.15, 0.2) is 24.8 Å². The minimum absolute atomic E-state index is 0.0591. The second-order valence-corrected chi connectivity index (χ2v) is 3.92. The molecule has 0 fully saturated rings. The Bertz CT molecular complexity index is 525. The number of carbonyl (C=O) groups excluding carboxylic acids is 1. The average molecular weight is 253 g/mol. The number of rotatable bonds is 4. The Morgan fingerprint density at radius 1 is 1.53 bits per heavy atom. The third-order valence-corrected chi connectivity index (χ3v) is 2.75. The van der Waals surface area contributed by atoms with Gasteiger partial charge in [-0.1, -0.05) is 0 Å². The van der Waals surface area contributed by atoms with Gasteiger partial charge in [-0.05, 0) is 6.92 Å². The molecule has 17 heavy (non-hydrogen) atoms. The third-order valence-electron chi connectivity index (χ3n) is 2.58. The summed E-state index contributed by atoms with van der Waals surface area (Å²) in [5.41, 5.74) is 1.27. The van der Waals surface area contributed by atoms with Crippen LogP contribution in [0.25, 0.3) is 5.52 Å².